The van der Waals surface area contributed by atoms with Gasteiger partial charge in [-0.15, -0.1) is 0 Å². The Morgan fingerprint density at radius 1 is 1.00 bits per heavy atom. The van der Waals surface area contributed by atoms with E-state index in [1.54, 1.807) is 53.4 Å². The molecule has 2 fully saturated rings. The fourth-order valence-electron chi connectivity index (χ4n) is 3.60. The molecular formula is C20H21N3O4S. The predicted octanol–water partition coefficient (Wildman–Crippen LogP) is 2.22. The van der Waals surface area contributed by atoms with E-state index in [9.17, 15) is 18.0 Å². The van der Waals surface area contributed by atoms with Crippen LogP contribution in [0.15, 0.2) is 53.4 Å². The van der Waals surface area contributed by atoms with Crippen molar-refractivity contribution in [2.75, 3.05) is 22.7 Å². The van der Waals surface area contributed by atoms with Gasteiger partial charge < -0.3 is 10.2 Å². The molecule has 28 heavy (non-hydrogen) atoms. The molecular weight excluding hydrogens is 378 g/mol. The van der Waals surface area contributed by atoms with Gasteiger partial charge in [-0.05, 0) is 48.4 Å². The van der Waals surface area contributed by atoms with Crippen molar-refractivity contribution in [3.05, 3.63) is 54.1 Å². The first kappa shape index (κ1) is 18.5. The lowest BCUT2D eigenvalue weighted by atomic mass is 9.99. The molecule has 4 rings (SSSR count). The van der Waals surface area contributed by atoms with Crippen LogP contribution in [0, 0.1) is 0 Å². The van der Waals surface area contributed by atoms with E-state index in [1.807, 2.05) is 0 Å². The summed E-state index contributed by atoms with van der Waals surface area (Å²) in [6.07, 6.45) is 1.82. The van der Waals surface area contributed by atoms with Gasteiger partial charge in [-0.1, -0.05) is 12.1 Å². The lowest BCUT2D eigenvalue weighted by Gasteiger charge is -2.16. The molecule has 2 aromatic carbocycles. The highest BCUT2D eigenvalue weighted by Gasteiger charge is 2.24. The lowest BCUT2D eigenvalue weighted by molar-refractivity contribution is -0.119. The van der Waals surface area contributed by atoms with Gasteiger partial charge in [0.2, 0.25) is 11.8 Å². The molecule has 2 amide bonds. The van der Waals surface area contributed by atoms with Gasteiger partial charge in [-0.25, -0.2) is 8.42 Å². The maximum atomic E-state index is 12.6. The van der Waals surface area contributed by atoms with Crippen LogP contribution in [-0.2, 0) is 19.6 Å². The van der Waals surface area contributed by atoms with E-state index in [4.69, 9.17) is 0 Å². The van der Waals surface area contributed by atoms with Crippen LogP contribution in [0.4, 0.5) is 11.4 Å². The van der Waals surface area contributed by atoms with Gasteiger partial charge >= 0.3 is 0 Å². The third-order valence-electron chi connectivity index (χ3n) is 5.14. The molecule has 2 aliphatic heterocycles. The SMILES string of the molecule is O=C1CC(c2ccc(S(=O)(=O)Nc3ccc(N4CCCC4=O)cc3)cc2)CN1. The lowest BCUT2D eigenvalue weighted by Crippen LogP contribution is -2.23. The van der Waals surface area contributed by atoms with Gasteiger partial charge in [-0.2, -0.15) is 0 Å². The summed E-state index contributed by atoms with van der Waals surface area (Å²) in [4.78, 5) is 25.0. The minimum absolute atomic E-state index is 0.0162. The topological polar surface area (TPSA) is 95.6 Å². The number of nitrogens with zero attached hydrogens (tertiary/aromatic N) is 1. The fraction of sp³-hybridized carbons (Fsp3) is 0.300. The third kappa shape index (κ3) is 3.73. The van der Waals surface area contributed by atoms with Crippen LogP contribution in [0.5, 0.6) is 0 Å². The van der Waals surface area contributed by atoms with Crippen molar-refractivity contribution in [3.63, 3.8) is 0 Å². The molecule has 0 aromatic heterocycles. The first-order valence-corrected chi connectivity index (χ1v) is 10.7. The monoisotopic (exact) mass is 399 g/mol. The molecule has 1 unspecified atom stereocenters. The summed E-state index contributed by atoms with van der Waals surface area (Å²) in [5.41, 5.74) is 2.15. The van der Waals surface area contributed by atoms with Crippen molar-refractivity contribution < 1.29 is 18.0 Å². The summed E-state index contributed by atoms with van der Waals surface area (Å²) in [6, 6.07) is 13.4. The van der Waals surface area contributed by atoms with Gasteiger partial charge in [0, 0.05) is 43.2 Å². The number of hydrogen-bond donors (Lipinski definition) is 2. The van der Waals surface area contributed by atoms with E-state index >= 15 is 0 Å². The summed E-state index contributed by atoms with van der Waals surface area (Å²) in [5.74, 6) is 0.188. The Balaban J connectivity index is 1.46. The van der Waals surface area contributed by atoms with Crippen LogP contribution in [-0.4, -0.2) is 33.3 Å². The van der Waals surface area contributed by atoms with E-state index in [0.29, 0.717) is 31.6 Å². The second kappa shape index (κ2) is 7.27. The average Bonchev–Trinajstić information content (AvgIpc) is 3.31. The number of carbonyl (C=O) groups excluding carboxylic acids is 2. The molecule has 0 saturated carbocycles. The Morgan fingerprint density at radius 2 is 1.71 bits per heavy atom. The molecule has 2 saturated heterocycles. The highest BCUT2D eigenvalue weighted by atomic mass is 32.2. The Hall–Kier alpha value is -2.87. The number of amides is 2. The van der Waals surface area contributed by atoms with Crippen molar-refractivity contribution in [2.45, 2.75) is 30.1 Å². The third-order valence-corrected chi connectivity index (χ3v) is 6.54. The van der Waals surface area contributed by atoms with E-state index in [0.717, 1.165) is 17.7 Å². The number of anilines is 2. The zero-order chi connectivity index (χ0) is 19.7. The summed E-state index contributed by atoms with van der Waals surface area (Å²) >= 11 is 0. The van der Waals surface area contributed by atoms with E-state index in [2.05, 4.69) is 10.0 Å². The van der Waals surface area contributed by atoms with E-state index < -0.39 is 10.0 Å². The molecule has 2 aromatic rings. The first-order chi connectivity index (χ1) is 13.4. The number of sulfonamides is 1. The van der Waals surface area contributed by atoms with Gasteiger partial charge in [0.25, 0.3) is 10.0 Å². The molecule has 2 heterocycles. The first-order valence-electron chi connectivity index (χ1n) is 9.22. The molecule has 0 spiro atoms. The second-order valence-corrected chi connectivity index (χ2v) is 8.76. The minimum Gasteiger partial charge on any atom is -0.355 e. The van der Waals surface area contributed by atoms with Crippen molar-refractivity contribution in [3.8, 4) is 0 Å². The van der Waals surface area contributed by atoms with Crippen molar-refractivity contribution in [2.24, 2.45) is 0 Å². The van der Waals surface area contributed by atoms with Crippen LogP contribution < -0.4 is 14.9 Å². The Bertz CT molecular complexity index is 1000. The number of carbonyl (C=O) groups is 2. The van der Waals surface area contributed by atoms with Gasteiger partial charge in [0.1, 0.15) is 0 Å². The molecule has 0 aliphatic carbocycles. The minimum atomic E-state index is -3.72. The number of rotatable bonds is 5. The van der Waals surface area contributed by atoms with E-state index in [-0.39, 0.29) is 22.6 Å². The van der Waals surface area contributed by atoms with Crippen LogP contribution >= 0.6 is 0 Å². The molecule has 2 aliphatic rings. The predicted molar refractivity (Wildman–Crippen MR) is 106 cm³/mol. The normalized spacial score (nSPS) is 19.7. The highest BCUT2D eigenvalue weighted by molar-refractivity contribution is 7.92. The summed E-state index contributed by atoms with van der Waals surface area (Å²) in [6.45, 7) is 1.27. The smallest absolute Gasteiger partial charge is 0.261 e. The van der Waals surface area contributed by atoms with E-state index in [1.165, 1.54) is 0 Å². The van der Waals surface area contributed by atoms with Gasteiger partial charge in [-0.3, -0.25) is 14.3 Å². The Labute approximate surface area is 163 Å². The Morgan fingerprint density at radius 3 is 2.29 bits per heavy atom. The molecule has 146 valence electrons. The van der Waals surface area contributed by atoms with Crippen molar-refractivity contribution in [1.29, 1.82) is 0 Å². The van der Waals surface area contributed by atoms with Gasteiger partial charge in [0.15, 0.2) is 0 Å². The Kier molecular flexibility index (Phi) is 4.80. The number of benzene rings is 2. The molecule has 2 N–H and O–H groups in total. The zero-order valence-corrected chi connectivity index (χ0v) is 16.0. The molecule has 8 heteroatoms. The maximum absolute atomic E-state index is 12.6. The second-order valence-electron chi connectivity index (χ2n) is 7.08. The number of hydrogen-bond acceptors (Lipinski definition) is 4. The molecule has 1 atom stereocenters. The van der Waals surface area contributed by atoms with Crippen LogP contribution in [0.25, 0.3) is 0 Å². The van der Waals surface area contributed by atoms with Crippen molar-refractivity contribution >= 4 is 33.2 Å². The highest BCUT2D eigenvalue weighted by Crippen LogP contribution is 2.26. The van der Waals surface area contributed by atoms with Crippen LogP contribution in [0.1, 0.15) is 30.7 Å². The maximum Gasteiger partial charge on any atom is 0.261 e. The number of nitrogens with one attached hydrogen (secondary N) is 2. The largest absolute Gasteiger partial charge is 0.355 e. The van der Waals surface area contributed by atoms with Crippen molar-refractivity contribution in [1.82, 2.24) is 5.32 Å². The summed E-state index contributed by atoms with van der Waals surface area (Å²) in [5, 5.41) is 2.78. The fourth-order valence-corrected chi connectivity index (χ4v) is 4.66. The molecule has 0 radical (unpaired) electrons. The molecule has 0 bridgehead atoms. The average molecular weight is 399 g/mol. The summed E-state index contributed by atoms with van der Waals surface area (Å²) in [7, 11) is -3.72. The quantitative estimate of drug-likeness (QED) is 0.806. The van der Waals surface area contributed by atoms with Crippen LogP contribution in [0.3, 0.4) is 0 Å². The zero-order valence-electron chi connectivity index (χ0n) is 15.2. The standard InChI is InChI=1S/C20H21N3O4S/c24-19-12-15(13-21-19)14-3-9-18(10-4-14)28(26,27)22-16-5-7-17(8-6-16)23-11-1-2-20(23)25/h3-10,15,22H,1-2,11-13H2,(H,21,24). The van der Waals surface area contributed by atoms with Gasteiger partial charge in [0.05, 0.1) is 4.90 Å². The van der Waals surface area contributed by atoms with Crippen LogP contribution in [0.2, 0.25) is 0 Å². The molecule has 7 nitrogen and oxygen atoms in total. The summed E-state index contributed by atoms with van der Waals surface area (Å²) < 4.78 is 27.8.